The largest absolute Gasteiger partial charge is 0.481 e. The molecule has 1 aliphatic heterocycles. The van der Waals surface area contributed by atoms with Crippen molar-refractivity contribution in [1.29, 1.82) is 0 Å². The van der Waals surface area contributed by atoms with Crippen LogP contribution in [0.25, 0.3) is 11.0 Å². The minimum Gasteiger partial charge on any atom is -0.481 e. The van der Waals surface area contributed by atoms with Gasteiger partial charge in [0.25, 0.3) is 5.56 Å². The lowest BCUT2D eigenvalue weighted by Crippen LogP contribution is -2.35. The number of primary amides is 1. The summed E-state index contributed by atoms with van der Waals surface area (Å²) in [7, 11) is 0. The third-order valence-corrected chi connectivity index (χ3v) is 5.50. The molecule has 0 spiro atoms. The quantitative estimate of drug-likeness (QED) is 0.387. The number of amides is 1. The molecule has 34 heavy (non-hydrogen) atoms. The van der Waals surface area contributed by atoms with Crippen LogP contribution in [0.3, 0.4) is 0 Å². The number of fused-ring (bicyclic) bond motifs is 1. The highest BCUT2D eigenvalue weighted by molar-refractivity contribution is 5.88. The first kappa shape index (κ1) is 24.8. The summed E-state index contributed by atoms with van der Waals surface area (Å²) < 4.78 is 12.2. The van der Waals surface area contributed by atoms with Crippen molar-refractivity contribution in [3.05, 3.63) is 16.0 Å². The minimum absolute atomic E-state index is 0.0632. The SMILES string of the molecule is CCCc1nn(C(N)=O)c2c(=O)n(C3OC(COC(C)=O)C(CC(=O)O)C3CC(=O)O)nnc12. The molecule has 3 heterocycles. The third kappa shape index (κ3) is 4.88. The van der Waals surface area contributed by atoms with Gasteiger partial charge in [0, 0.05) is 18.8 Å². The molecule has 1 aliphatic rings. The first-order chi connectivity index (χ1) is 16.0. The fourth-order valence-corrected chi connectivity index (χ4v) is 4.13. The first-order valence-corrected chi connectivity index (χ1v) is 10.4. The van der Waals surface area contributed by atoms with E-state index in [1.807, 2.05) is 6.92 Å². The second-order valence-electron chi connectivity index (χ2n) is 7.87. The highest BCUT2D eigenvalue weighted by Gasteiger charge is 2.48. The number of carbonyl (C=O) groups excluding carboxylic acids is 2. The molecule has 2 aromatic rings. The van der Waals surface area contributed by atoms with Crippen LogP contribution in [0.1, 0.15) is 45.0 Å². The zero-order chi connectivity index (χ0) is 25.2. The van der Waals surface area contributed by atoms with Crippen LogP contribution in [-0.2, 0) is 30.3 Å². The summed E-state index contributed by atoms with van der Waals surface area (Å²) in [5.41, 5.74) is 4.62. The van der Waals surface area contributed by atoms with Gasteiger partial charge in [-0.05, 0) is 6.42 Å². The zero-order valence-electron chi connectivity index (χ0n) is 18.4. The van der Waals surface area contributed by atoms with Gasteiger partial charge < -0.3 is 25.4 Å². The molecule has 3 rings (SSSR count). The van der Waals surface area contributed by atoms with E-state index in [2.05, 4.69) is 15.4 Å². The lowest BCUT2D eigenvalue weighted by Gasteiger charge is -2.21. The van der Waals surface area contributed by atoms with Crippen molar-refractivity contribution in [2.45, 2.75) is 51.9 Å². The van der Waals surface area contributed by atoms with Gasteiger partial charge in [0.05, 0.1) is 24.6 Å². The summed E-state index contributed by atoms with van der Waals surface area (Å²) in [4.78, 5) is 59.6. The summed E-state index contributed by atoms with van der Waals surface area (Å²) in [6, 6.07) is -1.03. The fourth-order valence-electron chi connectivity index (χ4n) is 4.13. The van der Waals surface area contributed by atoms with E-state index in [4.69, 9.17) is 15.2 Å². The number of aliphatic carboxylic acids is 2. The molecule has 1 amide bonds. The normalized spacial score (nSPS) is 22.1. The monoisotopic (exact) mass is 480 g/mol. The van der Waals surface area contributed by atoms with Crippen LogP contribution in [0.15, 0.2) is 4.79 Å². The molecule has 0 aromatic carbocycles. The van der Waals surface area contributed by atoms with E-state index in [1.54, 1.807) is 0 Å². The van der Waals surface area contributed by atoms with Gasteiger partial charge in [0.15, 0.2) is 11.7 Å². The molecule has 2 aromatic heterocycles. The number of carboxylic acid groups (broad SMARTS) is 2. The fraction of sp³-hybridized carbons (Fsp3) is 0.579. The number of aryl methyl sites for hydroxylation is 1. The van der Waals surface area contributed by atoms with Crippen LogP contribution in [0.2, 0.25) is 0 Å². The van der Waals surface area contributed by atoms with Gasteiger partial charge in [-0.1, -0.05) is 18.6 Å². The molecular weight excluding hydrogens is 456 g/mol. The summed E-state index contributed by atoms with van der Waals surface area (Å²) in [6.07, 6.45) is -2.45. The molecule has 184 valence electrons. The number of hydrogen-bond donors (Lipinski definition) is 3. The number of aromatic nitrogens is 5. The van der Waals surface area contributed by atoms with Gasteiger partial charge in [-0.3, -0.25) is 19.2 Å². The Bertz CT molecular complexity index is 1190. The van der Waals surface area contributed by atoms with E-state index in [9.17, 15) is 34.2 Å². The number of hydrogen-bond acceptors (Lipinski definition) is 10. The van der Waals surface area contributed by atoms with Crippen LogP contribution in [0, 0.1) is 11.8 Å². The molecule has 0 bridgehead atoms. The molecule has 0 radical (unpaired) electrons. The molecule has 0 saturated carbocycles. The predicted molar refractivity (Wildman–Crippen MR) is 111 cm³/mol. The van der Waals surface area contributed by atoms with E-state index < -0.39 is 66.5 Å². The Kier molecular flexibility index (Phi) is 7.24. The Morgan fingerprint density at radius 1 is 1.15 bits per heavy atom. The van der Waals surface area contributed by atoms with Gasteiger partial charge in [-0.15, -0.1) is 5.10 Å². The number of nitrogens with zero attached hydrogens (tertiary/aromatic N) is 5. The van der Waals surface area contributed by atoms with E-state index in [-0.39, 0.29) is 17.6 Å². The van der Waals surface area contributed by atoms with Crippen molar-refractivity contribution in [3.8, 4) is 0 Å². The van der Waals surface area contributed by atoms with Crippen molar-refractivity contribution in [1.82, 2.24) is 24.8 Å². The number of nitrogens with two attached hydrogens (primary N) is 1. The Morgan fingerprint density at radius 2 is 1.79 bits per heavy atom. The number of carbonyl (C=O) groups is 4. The van der Waals surface area contributed by atoms with Gasteiger partial charge in [0.1, 0.15) is 12.1 Å². The molecule has 4 unspecified atom stereocenters. The Hall–Kier alpha value is -3.88. The molecule has 4 N–H and O–H groups in total. The van der Waals surface area contributed by atoms with E-state index in [0.717, 1.165) is 11.6 Å². The Morgan fingerprint density at radius 3 is 2.35 bits per heavy atom. The molecule has 4 atom stereocenters. The van der Waals surface area contributed by atoms with Gasteiger partial charge in [0.2, 0.25) is 0 Å². The maximum absolute atomic E-state index is 13.4. The number of rotatable bonds is 9. The van der Waals surface area contributed by atoms with Crippen molar-refractivity contribution in [2.75, 3.05) is 6.61 Å². The van der Waals surface area contributed by atoms with Gasteiger partial charge >= 0.3 is 23.9 Å². The highest BCUT2D eigenvalue weighted by Crippen LogP contribution is 2.42. The van der Waals surface area contributed by atoms with Crippen LogP contribution in [0.4, 0.5) is 4.79 Å². The third-order valence-electron chi connectivity index (χ3n) is 5.50. The van der Waals surface area contributed by atoms with Gasteiger partial charge in [-0.25, -0.2) is 4.79 Å². The number of esters is 1. The second kappa shape index (κ2) is 9.94. The number of ether oxygens (including phenoxy) is 2. The van der Waals surface area contributed by atoms with E-state index in [1.165, 1.54) is 0 Å². The lowest BCUT2D eigenvalue weighted by atomic mass is 9.84. The molecule has 1 fully saturated rings. The lowest BCUT2D eigenvalue weighted by molar-refractivity contribution is -0.147. The van der Waals surface area contributed by atoms with Crippen molar-refractivity contribution in [2.24, 2.45) is 17.6 Å². The van der Waals surface area contributed by atoms with Crippen LogP contribution in [-0.4, -0.2) is 71.6 Å². The highest BCUT2D eigenvalue weighted by atomic mass is 16.6. The van der Waals surface area contributed by atoms with E-state index >= 15 is 0 Å². The maximum atomic E-state index is 13.4. The molecule has 1 saturated heterocycles. The van der Waals surface area contributed by atoms with Crippen molar-refractivity contribution >= 4 is 35.0 Å². The van der Waals surface area contributed by atoms with Crippen molar-refractivity contribution < 1.29 is 38.9 Å². The Balaban J connectivity index is 2.14. The summed E-state index contributed by atoms with van der Waals surface area (Å²) >= 11 is 0. The van der Waals surface area contributed by atoms with Crippen LogP contribution < -0.4 is 11.3 Å². The molecular formula is C19H24N6O9. The first-order valence-electron chi connectivity index (χ1n) is 10.4. The molecule has 15 nitrogen and oxygen atoms in total. The second-order valence-corrected chi connectivity index (χ2v) is 7.87. The Labute approximate surface area is 191 Å². The zero-order valence-corrected chi connectivity index (χ0v) is 18.4. The summed E-state index contributed by atoms with van der Waals surface area (Å²) in [5.74, 6) is -5.13. The topological polar surface area (TPSA) is 219 Å². The average Bonchev–Trinajstić information content (AvgIpc) is 3.26. The average molecular weight is 480 g/mol. The van der Waals surface area contributed by atoms with E-state index in [0.29, 0.717) is 23.2 Å². The van der Waals surface area contributed by atoms with Crippen LogP contribution in [0.5, 0.6) is 0 Å². The molecule has 0 aliphatic carbocycles. The predicted octanol–water partition coefficient (Wildman–Crippen LogP) is -0.490. The standard InChI is InChI=1S/C19H24N6O9/c1-3-4-11-15-16(24(22-11)19(20)32)17(31)25(23-21-15)18-10(6-14(29)30)9(5-13(27)28)12(34-18)7-33-8(2)26/h9-10,12,18H,3-7H2,1-2H3,(H2,20,32)(H,27,28)(H,29,30). The van der Waals surface area contributed by atoms with Gasteiger partial charge in [-0.2, -0.15) is 14.5 Å². The minimum atomic E-state index is -1.36. The van der Waals surface area contributed by atoms with Crippen LogP contribution >= 0.6 is 0 Å². The smallest absolute Gasteiger partial charge is 0.340 e. The van der Waals surface area contributed by atoms with Crippen molar-refractivity contribution in [3.63, 3.8) is 0 Å². The maximum Gasteiger partial charge on any atom is 0.340 e. The molecule has 15 heteroatoms. The summed E-state index contributed by atoms with van der Waals surface area (Å²) in [5, 5.41) is 30.7. The number of carboxylic acids is 2. The summed E-state index contributed by atoms with van der Waals surface area (Å²) in [6.45, 7) is 2.65.